The van der Waals surface area contributed by atoms with Gasteiger partial charge in [0, 0.05) is 18.7 Å². The van der Waals surface area contributed by atoms with Gasteiger partial charge < -0.3 is 25.0 Å². The molecule has 0 radical (unpaired) electrons. The predicted molar refractivity (Wildman–Crippen MR) is 125 cm³/mol. The highest BCUT2D eigenvalue weighted by molar-refractivity contribution is 5.89. The van der Waals surface area contributed by atoms with Gasteiger partial charge in [-0.25, -0.2) is 14.4 Å². The largest absolute Gasteiger partial charge is 0.480 e. The molecule has 4 N–H and O–H groups in total. The van der Waals surface area contributed by atoms with Crippen molar-refractivity contribution < 1.29 is 44.0 Å². The van der Waals surface area contributed by atoms with Crippen molar-refractivity contribution >= 4 is 29.8 Å². The number of benzene rings is 1. The lowest BCUT2D eigenvalue weighted by molar-refractivity contribution is -0.150. The van der Waals surface area contributed by atoms with E-state index in [-0.39, 0.29) is 12.5 Å². The molecule has 1 heterocycles. The molecule has 1 aromatic carbocycles. The van der Waals surface area contributed by atoms with Crippen LogP contribution in [0.5, 0.6) is 0 Å². The second-order valence-electron chi connectivity index (χ2n) is 7.75. The number of esters is 1. The predicted octanol–water partition coefficient (Wildman–Crippen LogP) is 1.32. The average Bonchev–Trinajstić information content (AvgIpc) is 3.31. The third-order valence-corrected chi connectivity index (χ3v) is 5.15. The van der Waals surface area contributed by atoms with Crippen LogP contribution in [-0.4, -0.2) is 81.3 Å². The lowest BCUT2D eigenvalue weighted by Crippen LogP contribution is -2.53. The van der Waals surface area contributed by atoms with Crippen LogP contribution in [0, 0.1) is 0 Å². The Kier molecular flexibility index (Phi) is 12.7. The second-order valence-corrected chi connectivity index (χ2v) is 7.75. The fourth-order valence-corrected chi connectivity index (χ4v) is 3.52. The number of amides is 1. The summed E-state index contributed by atoms with van der Waals surface area (Å²) in [5.41, 5.74) is 1.10. The van der Waals surface area contributed by atoms with Crippen molar-refractivity contribution in [2.75, 3.05) is 13.2 Å². The Bertz CT molecular complexity index is 886. The number of carboxylic acids is 3. The molecule has 1 saturated heterocycles. The molecule has 2 rings (SSSR count). The Hall–Kier alpha value is -3.73. The van der Waals surface area contributed by atoms with Crippen molar-refractivity contribution in [1.82, 2.24) is 10.2 Å². The molecule has 1 aliphatic heterocycles. The number of carbonyl (C=O) groups excluding carboxylic acids is 2. The molecule has 11 nitrogen and oxygen atoms in total. The average molecular weight is 493 g/mol. The van der Waals surface area contributed by atoms with E-state index in [0.717, 1.165) is 5.56 Å². The highest BCUT2D eigenvalue weighted by atomic mass is 16.5. The molecular weight excluding hydrogens is 460 g/mol. The van der Waals surface area contributed by atoms with E-state index in [0.29, 0.717) is 44.4 Å². The Balaban J connectivity index is 0.000000658. The van der Waals surface area contributed by atoms with Gasteiger partial charge in [0.25, 0.3) is 0 Å². The highest BCUT2D eigenvalue weighted by Gasteiger charge is 2.36. The minimum absolute atomic E-state index is 0.262. The number of nitrogens with one attached hydrogen (secondary N) is 1. The number of likely N-dealkylation sites (tertiary alicyclic amines) is 1. The number of nitrogens with zero attached hydrogens (tertiary/aromatic N) is 1. The molecule has 0 unspecified atom stereocenters. The number of carbonyl (C=O) groups is 5. The van der Waals surface area contributed by atoms with Crippen LogP contribution in [0.25, 0.3) is 0 Å². The van der Waals surface area contributed by atoms with E-state index in [2.05, 4.69) is 5.32 Å². The summed E-state index contributed by atoms with van der Waals surface area (Å²) in [7, 11) is 0. The van der Waals surface area contributed by atoms with Gasteiger partial charge in [0.15, 0.2) is 0 Å². The summed E-state index contributed by atoms with van der Waals surface area (Å²) in [6, 6.07) is 7.69. The first kappa shape index (κ1) is 29.3. The Morgan fingerprint density at radius 3 is 2.20 bits per heavy atom. The number of rotatable bonds is 11. The molecule has 1 fully saturated rings. The maximum atomic E-state index is 12.7. The summed E-state index contributed by atoms with van der Waals surface area (Å²) < 4.78 is 5.14. The van der Waals surface area contributed by atoms with Gasteiger partial charge in [-0.3, -0.25) is 14.9 Å². The van der Waals surface area contributed by atoms with E-state index < -0.39 is 42.0 Å². The summed E-state index contributed by atoms with van der Waals surface area (Å²) in [6.45, 7) is 4.09. The van der Waals surface area contributed by atoms with Gasteiger partial charge in [0.1, 0.15) is 12.1 Å². The number of hydrogen-bond donors (Lipinski definition) is 4. The van der Waals surface area contributed by atoms with Crippen molar-refractivity contribution in [2.45, 2.75) is 57.7 Å². The lowest BCUT2D eigenvalue weighted by Gasteiger charge is -2.27. The van der Waals surface area contributed by atoms with Crippen LogP contribution in [-0.2, 0) is 35.1 Å². The first-order chi connectivity index (χ1) is 16.6. The van der Waals surface area contributed by atoms with E-state index in [4.69, 9.17) is 14.9 Å². The molecule has 1 aromatic rings. The zero-order chi connectivity index (χ0) is 26.4. The summed E-state index contributed by atoms with van der Waals surface area (Å²) in [6.07, 6.45) is 3.40. The maximum Gasteiger partial charge on any atom is 0.328 e. The third-order valence-electron chi connectivity index (χ3n) is 5.15. The molecule has 192 valence electrons. The number of hydrogen-bond acceptors (Lipinski definition) is 7. The van der Waals surface area contributed by atoms with E-state index in [1.54, 1.807) is 13.8 Å². The van der Waals surface area contributed by atoms with Crippen molar-refractivity contribution in [2.24, 2.45) is 0 Å². The molecule has 0 saturated carbocycles. The van der Waals surface area contributed by atoms with Crippen molar-refractivity contribution in [3.05, 3.63) is 48.0 Å². The zero-order valence-corrected chi connectivity index (χ0v) is 19.8. The smallest absolute Gasteiger partial charge is 0.328 e. The first-order valence-electron chi connectivity index (χ1n) is 11.2. The minimum atomic E-state index is -1.26. The van der Waals surface area contributed by atoms with Crippen molar-refractivity contribution in [3.8, 4) is 0 Å². The van der Waals surface area contributed by atoms with Crippen LogP contribution in [0.2, 0.25) is 0 Å². The molecule has 3 atom stereocenters. The third kappa shape index (κ3) is 10.8. The highest BCUT2D eigenvalue weighted by Crippen LogP contribution is 2.19. The second kappa shape index (κ2) is 15.2. The van der Waals surface area contributed by atoms with E-state index in [9.17, 15) is 29.1 Å². The Morgan fingerprint density at radius 1 is 1.09 bits per heavy atom. The fourth-order valence-electron chi connectivity index (χ4n) is 3.52. The van der Waals surface area contributed by atoms with Crippen LogP contribution in [0.15, 0.2) is 42.5 Å². The van der Waals surface area contributed by atoms with Crippen LogP contribution in [0.3, 0.4) is 0 Å². The first-order valence-corrected chi connectivity index (χ1v) is 11.2. The van der Waals surface area contributed by atoms with Gasteiger partial charge in [-0.05, 0) is 45.1 Å². The number of aryl methyl sites for hydroxylation is 1. The standard InChI is InChI=1S/C20H28N2O5.C4H4O4/c1-3-27-20(26)16(12-11-15-8-5-4-6-9-15)21-14(2)18(23)22-13-7-10-17(22)19(24)25;5-3(6)1-2-4(7)8/h4-6,8-9,14,16-17,21H,3,7,10-13H2,1-2H3,(H,24,25);1-2H,(H,5,6)(H,7,8)/b;2-1+/t14-,16+,17-;/m0./s1. The van der Waals surface area contributed by atoms with E-state index >= 15 is 0 Å². The summed E-state index contributed by atoms with van der Waals surface area (Å²) in [4.78, 5) is 56.8. The minimum Gasteiger partial charge on any atom is -0.480 e. The van der Waals surface area contributed by atoms with Crippen LogP contribution in [0.1, 0.15) is 38.7 Å². The van der Waals surface area contributed by atoms with Gasteiger partial charge in [0.05, 0.1) is 12.6 Å². The van der Waals surface area contributed by atoms with Gasteiger partial charge in [-0.15, -0.1) is 0 Å². The molecule has 0 bridgehead atoms. The van der Waals surface area contributed by atoms with E-state index in [1.807, 2.05) is 30.3 Å². The molecule has 0 aliphatic carbocycles. The summed E-state index contributed by atoms with van der Waals surface area (Å²) >= 11 is 0. The quantitative estimate of drug-likeness (QED) is 0.261. The van der Waals surface area contributed by atoms with Crippen molar-refractivity contribution in [3.63, 3.8) is 0 Å². The van der Waals surface area contributed by atoms with Crippen LogP contribution < -0.4 is 5.32 Å². The van der Waals surface area contributed by atoms with Gasteiger partial charge in [-0.1, -0.05) is 30.3 Å². The topological polar surface area (TPSA) is 171 Å². The molecule has 35 heavy (non-hydrogen) atoms. The molecular formula is C24H32N2O9. The normalized spacial score (nSPS) is 16.6. The maximum absolute atomic E-state index is 12.7. The van der Waals surface area contributed by atoms with Gasteiger partial charge in [-0.2, -0.15) is 0 Å². The number of aliphatic carboxylic acids is 3. The molecule has 0 spiro atoms. The number of ether oxygens (including phenoxy) is 1. The monoisotopic (exact) mass is 492 g/mol. The number of carboxylic acid groups (broad SMARTS) is 3. The lowest BCUT2D eigenvalue weighted by atomic mass is 10.0. The Labute approximate surface area is 203 Å². The molecule has 0 aromatic heterocycles. The molecule has 11 heteroatoms. The van der Waals surface area contributed by atoms with Crippen LogP contribution in [0.4, 0.5) is 0 Å². The van der Waals surface area contributed by atoms with E-state index in [1.165, 1.54) is 4.90 Å². The molecule has 1 amide bonds. The summed E-state index contributed by atoms with van der Waals surface area (Å²) in [5.74, 6) is -4.20. The fraction of sp³-hybridized carbons (Fsp3) is 0.458. The van der Waals surface area contributed by atoms with Gasteiger partial charge >= 0.3 is 23.9 Å². The van der Waals surface area contributed by atoms with Crippen LogP contribution >= 0.6 is 0 Å². The van der Waals surface area contributed by atoms with Gasteiger partial charge in [0.2, 0.25) is 5.91 Å². The Morgan fingerprint density at radius 2 is 1.69 bits per heavy atom. The SMILES string of the molecule is CCOC(=O)[C@@H](CCc1ccccc1)N[C@@H](C)C(=O)N1CCC[C@H]1C(=O)O.O=C(O)/C=C/C(=O)O. The van der Waals surface area contributed by atoms with Crippen molar-refractivity contribution in [1.29, 1.82) is 0 Å². The zero-order valence-electron chi connectivity index (χ0n) is 19.8. The summed E-state index contributed by atoms with van der Waals surface area (Å²) in [5, 5.41) is 27.9. The molecule has 1 aliphatic rings.